The molecule has 2 aromatic rings. The molecule has 1 aromatic carbocycles. The summed E-state index contributed by atoms with van der Waals surface area (Å²) in [6.07, 6.45) is 6.86. The number of rotatable bonds is 10. The van der Waals surface area contributed by atoms with Crippen molar-refractivity contribution in [2.75, 3.05) is 25.9 Å². The van der Waals surface area contributed by atoms with Crippen molar-refractivity contribution in [3.8, 4) is 0 Å². The van der Waals surface area contributed by atoms with Gasteiger partial charge in [-0.1, -0.05) is 11.6 Å². The average Bonchev–Trinajstić information content (AvgIpc) is 3.39. The second kappa shape index (κ2) is 11.4. The Balaban J connectivity index is 1.50. The fraction of sp³-hybridized carbons (Fsp3) is 0.455. The van der Waals surface area contributed by atoms with Crippen LogP contribution in [0.4, 0.5) is 0 Å². The monoisotopic (exact) mass is 449 g/mol. The number of carbonyl (C=O) groups is 2. The fourth-order valence-electron chi connectivity index (χ4n) is 3.60. The second-order valence-electron chi connectivity index (χ2n) is 7.55. The number of benzene rings is 1. The number of thioether (sulfide) groups is 1. The normalized spacial score (nSPS) is 17.6. The zero-order valence-corrected chi connectivity index (χ0v) is 18.7. The van der Waals surface area contributed by atoms with Crippen LogP contribution in [0.1, 0.15) is 24.8 Å². The topological polar surface area (TPSA) is 74.6 Å². The van der Waals surface area contributed by atoms with Crippen LogP contribution in [0.2, 0.25) is 5.02 Å². The minimum atomic E-state index is -0.637. The van der Waals surface area contributed by atoms with Crippen LogP contribution in [0, 0.1) is 0 Å². The minimum Gasteiger partial charge on any atom is -0.472 e. The molecule has 3 rings (SSSR count). The molecule has 0 spiro atoms. The minimum absolute atomic E-state index is 0.165. The molecule has 0 bridgehead atoms. The Labute approximate surface area is 186 Å². The summed E-state index contributed by atoms with van der Waals surface area (Å²) in [6.45, 7) is 1.72. The Morgan fingerprint density at radius 1 is 1.30 bits per heavy atom. The fourth-order valence-corrected chi connectivity index (χ4v) is 4.43. The molecule has 0 radical (unpaired) electrons. The smallest absolute Gasteiger partial charge is 0.242 e. The molecular formula is C22H28ClN3O3S. The van der Waals surface area contributed by atoms with Crippen LogP contribution in [0.5, 0.6) is 0 Å². The molecule has 1 fully saturated rings. The van der Waals surface area contributed by atoms with E-state index >= 15 is 0 Å². The van der Waals surface area contributed by atoms with E-state index in [0.717, 1.165) is 23.4 Å². The van der Waals surface area contributed by atoms with Gasteiger partial charge in [0.2, 0.25) is 11.8 Å². The molecular weight excluding hydrogens is 422 g/mol. The highest BCUT2D eigenvalue weighted by Crippen LogP contribution is 2.20. The van der Waals surface area contributed by atoms with Gasteiger partial charge in [0, 0.05) is 28.9 Å². The van der Waals surface area contributed by atoms with Crippen molar-refractivity contribution in [2.45, 2.75) is 42.7 Å². The number of nitrogens with zero attached hydrogens (tertiary/aromatic N) is 1. The van der Waals surface area contributed by atoms with Gasteiger partial charge in [-0.15, -0.1) is 11.8 Å². The van der Waals surface area contributed by atoms with Gasteiger partial charge in [-0.2, -0.15) is 0 Å². The summed E-state index contributed by atoms with van der Waals surface area (Å²) in [5.74, 6) is -0.125. The van der Waals surface area contributed by atoms with Crippen LogP contribution in [0.15, 0.2) is 52.2 Å². The zero-order valence-electron chi connectivity index (χ0n) is 17.1. The first kappa shape index (κ1) is 22.7. The number of halogens is 1. The molecule has 2 unspecified atom stereocenters. The largest absolute Gasteiger partial charge is 0.472 e. The number of furan rings is 1. The molecule has 162 valence electrons. The number of nitrogens with one attached hydrogen (secondary N) is 2. The van der Waals surface area contributed by atoms with Crippen LogP contribution in [-0.2, 0) is 16.0 Å². The summed E-state index contributed by atoms with van der Waals surface area (Å²) in [4.78, 5) is 28.6. The highest BCUT2D eigenvalue weighted by atomic mass is 35.5. The van der Waals surface area contributed by atoms with Crippen LogP contribution in [-0.4, -0.2) is 54.7 Å². The summed E-state index contributed by atoms with van der Waals surface area (Å²) in [5, 5.41) is 6.53. The lowest BCUT2D eigenvalue weighted by Crippen LogP contribution is -2.49. The van der Waals surface area contributed by atoms with Gasteiger partial charge in [-0.05, 0) is 68.8 Å². The molecule has 0 aliphatic carbocycles. The molecule has 2 atom stereocenters. The first-order valence-electron chi connectivity index (χ1n) is 10.2. The third-order valence-electron chi connectivity index (χ3n) is 5.30. The van der Waals surface area contributed by atoms with Gasteiger partial charge < -0.3 is 20.0 Å². The van der Waals surface area contributed by atoms with Gasteiger partial charge in [-0.3, -0.25) is 9.59 Å². The molecule has 0 saturated carbocycles. The van der Waals surface area contributed by atoms with Gasteiger partial charge in [-0.25, -0.2) is 0 Å². The van der Waals surface area contributed by atoms with E-state index in [4.69, 9.17) is 16.0 Å². The molecule has 1 aliphatic heterocycles. The van der Waals surface area contributed by atoms with Crippen LogP contribution in [0.3, 0.4) is 0 Å². The number of hydrogen-bond donors (Lipinski definition) is 2. The van der Waals surface area contributed by atoms with Crippen molar-refractivity contribution in [3.63, 3.8) is 0 Å². The first-order valence-corrected chi connectivity index (χ1v) is 11.5. The standard InChI is InChI=1S/C22H28ClN3O3S/c1-26-11-2-3-18(26)8-10-24-22(28)20(13-16-9-12-29-14-16)25-21(27)15-30-19-6-4-17(23)5-7-19/h4-7,9,12,14,18,20H,2-3,8,10-11,13,15H2,1H3,(H,24,28)(H,25,27). The maximum Gasteiger partial charge on any atom is 0.242 e. The molecule has 1 aliphatic rings. The summed E-state index contributed by atoms with van der Waals surface area (Å²) in [5.41, 5.74) is 0.872. The summed E-state index contributed by atoms with van der Waals surface area (Å²) in [6, 6.07) is 9.01. The Bertz CT molecular complexity index is 814. The number of hydrogen-bond acceptors (Lipinski definition) is 5. The molecule has 1 saturated heterocycles. The molecule has 30 heavy (non-hydrogen) atoms. The molecule has 1 aromatic heterocycles. The molecule has 2 heterocycles. The molecule has 2 amide bonds. The Hall–Kier alpha value is -1.96. The van der Waals surface area contributed by atoms with E-state index in [1.165, 1.54) is 24.6 Å². The maximum atomic E-state index is 12.8. The lowest BCUT2D eigenvalue weighted by atomic mass is 10.1. The predicted octanol–water partition coefficient (Wildman–Crippen LogP) is 3.35. The Morgan fingerprint density at radius 2 is 2.10 bits per heavy atom. The SMILES string of the molecule is CN1CCCC1CCNC(=O)C(Cc1ccoc1)NC(=O)CSc1ccc(Cl)cc1. The van der Waals surface area contributed by atoms with Crippen molar-refractivity contribution in [1.29, 1.82) is 0 Å². The molecule has 6 nitrogen and oxygen atoms in total. The van der Waals surface area contributed by atoms with Gasteiger partial charge >= 0.3 is 0 Å². The van der Waals surface area contributed by atoms with Crippen molar-refractivity contribution < 1.29 is 14.0 Å². The lowest BCUT2D eigenvalue weighted by molar-refractivity contribution is -0.127. The second-order valence-corrected chi connectivity index (χ2v) is 9.04. The van der Waals surface area contributed by atoms with E-state index in [-0.39, 0.29) is 17.6 Å². The quantitative estimate of drug-likeness (QED) is 0.544. The third-order valence-corrected chi connectivity index (χ3v) is 6.57. The van der Waals surface area contributed by atoms with E-state index in [9.17, 15) is 9.59 Å². The third kappa shape index (κ3) is 7.07. The van der Waals surface area contributed by atoms with Gasteiger partial charge in [0.05, 0.1) is 18.3 Å². The van der Waals surface area contributed by atoms with E-state index in [1.807, 2.05) is 18.2 Å². The highest BCUT2D eigenvalue weighted by molar-refractivity contribution is 8.00. The predicted molar refractivity (Wildman–Crippen MR) is 120 cm³/mol. The van der Waals surface area contributed by atoms with E-state index in [0.29, 0.717) is 24.0 Å². The molecule has 8 heteroatoms. The van der Waals surface area contributed by atoms with Gasteiger partial charge in [0.15, 0.2) is 0 Å². The first-order chi connectivity index (χ1) is 14.5. The van der Waals surface area contributed by atoms with E-state index in [1.54, 1.807) is 24.7 Å². The summed E-state index contributed by atoms with van der Waals surface area (Å²) < 4.78 is 5.11. The lowest BCUT2D eigenvalue weighted by Gasteiger charge is -2.21. The Kier molecular flexibility index (Phi) is 8.66. The van der Waals surface area contributed by atoms with Crippen molar-refractivity contribution in [3.05, 3.63) is 53.4 Å². The van der Waals surface area contributed by atoms with Crippen LogP contribution >= 0.6 is 23.4 Å². The van der Waals surface area contributed by atoms with Gasteiger partial charge in [0.1, 0.15) is 6.04 Å². The summed E-state index contributed by atoms with van der Waals surface area (Å²) >= 11 is 7.30. The maximum absolute atomic E-state index is 12.8. The van der Waals surface area contributed by atoms with E-state index in [2.05, 4.69) is 22.6 Å². The van der Waals surface area contributed by atoms with Crippen molar-refractivity contribution >= 4 is 35.2 Å². The molecule has 2 N–H and O–H groups in total. The average molecular weight is 450 g/mol. The van der Waals surface area contributed by atoms with E-state index < -0.39 is 6.04 Å². The van der Waals surface area contributed by atoms with Crippen molar-refractivity contribution in [1.82, 2.24) is 15.5 Å². The summed E-state index contributed by atoms with van der Waals surface area (Å²) in [7, 11) is 2.12. The number of likely N-dealkylation sites (tertiary alicyclic amines) is 1. The zero-order chi connectivity index (χ0) is 21.3. The van der Waals surface area contributed by atoms with Crippen LogP contribution < -0.4 is 10.6 Å². The van der Waals surface area contributed by atoms with Crippen molar-refractivity contribution in [2.24, 2.45) is 0 Å². The van der Waals surface area contributed by atoms with Gasteiger partial charge in [0.25, 0.3) is 0 Å². The number of carbonyl (C=O) groups excluding carboxylic acids is 2. The Morgan fingerprint density at radius 3 is 2.77 bits per heavy atom. The highest BCUT2D eigenvalue weighted by Gasteiger charge is 2.24. The number of amides is 2. The van der Waals surface area contributed by atoms with Crippen LogP contribution in [0.25, 0.3) is 0 Å².